The van der Waals surface area contributed by atoms with Crippen LogP contribution in [-0.2, 0) is 11.3 Å². The van der Waals surface area contributed by atoms with Gasteiger partial charge in [-0.2, -0.15) is 0 Å². The summed E-state index contributed by atoms with van der Waals surface area (Å²) in [6.07, 6.45) is 2.72. The first-order valence-corrected chi connectivity index (χ1v) is 7.80. The van der Waals surface area contributed by atoms with Gasteiger partial charge in [-0.1, -0.05) is 28.1 Å². The molecule has 0 aromatic heterocycles. The summed E-state index contributed by atoms with van der Waals surface area (Å²) in [5.41, 5.74) is 1.24. The van der Waals surface area contributed by atoms with Crippen molar-refractivity contribution in [2.24, 2.45) is 0 Å². The van der Waals surface area contributed by atoms with E-state index >= 15 is 0 Å². The molecule has 1 aliphatic rings. The summed E-state index contributed by atoms with van der Waals surface area (Å²) in [5, 5.41) is 3.20. The SMILES string of the molecule is CNCCN1CCC(OCc2cccc(Br)c2)CC1. The zero-order valence-electron chi connectivity index (χ0n) is 11.6. The molecule has 1 saturated heterocycles. The molecule has 0 spiro atoms. The minimum absolute atomic E-state index is 0.421. The fourth-order valence-electron chi connectivity index (χ4n) is 2.41. The number of nitrogens with zero attached hydrogens (tertiary/aromatic N) is 1. The van der Waals surface area contributed by atoms with E-state index in [1.54, 1.807) is 0 Å². The van der Waals surface area contributed by atoms with Gasteiger partial charge in [0.1, 0.15) is 0 Å². The highest BCUT2D eigenvalue weighted by atomic mass is 79.9. The van der Waals surface area contributed by atoms with Gasteiger partial charge in [0.2, 0.25) is 0 Å². The van der Waals surface area contributed by atoms with Crippen molar-refractivity contribution in [3.63, 3.8) is 0 Å². The highest BCUT2D eigenvalue weighted by molar-refractivity contribution is 9.10. The van der Waals surface area contributed by atoms with E-state index in [0.717, 1.165) is 50.1 Å². The van der Waals surface area contributed by atoms with Crippen LogP contribution in [0, 0.1) is 0 Å². The van der Waals surface area contributed by atoms with E-state index in [-0.39, 0.29) is 0 Å². The molecular weight excluding hydrogens is 304 g/mol. The Bertz CT molecular complexity index is 378. The minimum Gasteiger partial charge on any atom is -0.373 e. The summed E-state index contributed by atoms with van der Waals surface area (Å²) in [4.78, 5) is 2.51. The van der Waals surface area contributed by atoms with Crippen molar-refractivity contribution in [3.05, 3.63) is 34.3 Å². The number of nitrogens with one attached hydrogen (secondary N) is 1. The molecular formula is C15H23BrN2O. The van der Waals surface area contributed by atoms with Crippen molar-refractivity contribution in [2.75, 3.05) is 33.2 Å². The predicted molar refractivity (Wildman–Crippen MR) is 82.3 cm³/mol. The normalized spacial score (nSPS) is 17.8. The molecule has 2 rings (SSSR count). The van der Waals surface area contributed by atoms with E-state index in [1.807, 2.05) is 13.1 Å². The van der Waals surface area contributed by atoms with Gasteiger partial charge in [-0.05, 0) is 37.6 Å². The Morgan fingerprint density at radius 1 is 1.37 bits per heavy atom. The van der Waals surface area contributed by atoms with Crippen LogP contribution in [0.3, 0.4) is 0 Å². The third kappa shape index (κ3) is 5.22. The van der Waals surface area contributed by atoms with Crippen molar-refractivity contribution in [3.8, 4) is 0 Å². The summed E-state index contributed by atoms with van der Waals surface area (Å²) >= 11 is 3.49. The minimum atomic E-state index is 0.421. The second-order valence-corrected chi connectivity index (χ2v) is 6.00. The topological polar surface area (TPSA) is 24.5 Å². The van der Waals surface area contributed by atoms with Gasteiger partial charge in [-0.3, -0.25) is 0 Å². The molecule has 0 atom stereocenters. The maximum absolute atomic E-state index is 6.01. The smallest absolute Gasteiger partial charge is 0.0721 e. The van der Waals surface area contributed by atoms with Crippen molar-refractivity contribution < 1.29 is 4.74 Å². The molecule has 19 heavy (non-hydrogen) atoms. The van der Waals surface area contributed by atoms with Crippen LogP contribution in [-0.4, -0.2) is 44.2 Å². The molecule has 0 unspecified atom stereocenters. The van der Waals surface area contributed by atoms with Gasteiger partial charge in [-0.15, -0.1) is 0 Å². The van der Waals surface area contributed by atoms with Crippen LogP contribution >= 0.6 is 15.9 Å². The standard InChI is InChI=1S/C15H23BrN2O/c1-17-7-10-18-8-5-15(6-9-18)19-12-13-3-2-4-14(16)11-13/h2-4,11,15,17H,5-10,12H2,1H3. The van der Waals surface area contributed by atoms with E-state index < -0.39 is 0 Å². The summed E-state index contributed by atoms with van der Waals surface area (Å²) in [7, 11) is 2.01. The van der Waals surface area contributed by atoms with Gasteiger partial charge in [0.25, 0.3) is 0 Å². The monoisotopic (exact) mass is 326 g/mol. The lowest BCUT2D eigenvalue weighted by atomic mass is 10.1. The lowest BCUT2D eigenvalue weighted by molar-refractivity contribution is -0.00211. The van der Waals surface area contributed by atoms with Gasteiger partial charge in [0, 0.05) is 30.7 Å². The molecule has 106 valence electrons. The Kier molecular flexibility index (Phi) is 6.31. The quantitative estimate of drug-likeness (QED) is 0.869. The molecule has 1 aliphatic heterocycles. The Hall–Kier alpha value is -0.420. The average molecular weight is 327 g/mol. The molecule has 4 heteroatoms. The summed E-state index contributed by atoms with van der Waals surface area (Å²) in [6, 6.07) is 8.35. The number of piperidine rings is 1. The first-order valence-electron chi connectivity index (χ1n) is 7.01. The predicted octanol–water partition coefficient (Wildman–Crippen LogP) is 2.65. The number of hydrogen-bond acceptors (Lipinski definition) is 3. The maximum Gasteiger partial charge on any atom is 0.0721 e. The first kappa shape index (κ1) is 15.0. The average Bonchev–Trinajstić information content (AvgIpc) is 2.44. The Balaban J connectivity index is 1.68. The highest BCUT2D eigenvalue weighted by Crippen LogP contribution is 2.17. The molecule has 1 N–H and O–H groups in total. The third-order valence-corrected chi connectivity index (χ3v) is 4.08. The molecule has 3 nitrogen and oxygen atoms in total. The van der Waals surface area contributed by atoms with Crippen LogP contribution in [0.4, 0.5) is 0 Å². The number of likely N-dealkylation sites (tertiary alicyclic amines) is 1. The van der Waals surface area contributed by atoms with Crippen LogP contribution in [0.25, 0.3) is 0 Å². The van der Waals surface area contributed by atoms with E-state index in [9.17, 15) is 0 Å². The number of hydrogen-bond donors (Lipinski definition) is 1. The van der Waals surface area contributed by atoms with Gasteiger partial charge in [0.15, 0.2) is 0 Å². The fourth-order valence-corrected chi connectivity index (χ4v) is 2.86. The lowest BCUT2D eigenvalue weighted by Gasteiger charge is -2.31. The van der Waals surface area contributed by atoms with Crippen LogP contribution in [0.5, 0.6) is 0 Å². The Morgan fingerprint density at radius 3 is 2.84 bits per heavy atom. The summed E-state index contributed by atoms with van der Waals surface area (Å²) in [5.74, 6) is 0. The van der Waals surface area contributed by atoms with E-state index in [2.05, 4.69) is 44.3 Å². The van der Waals surface area contributed by atoms with Crippen LogP contribution < -0.4 is 5.32 Å². The zero-order chi connectivity index (χ0) is 13.5. The highest BCUT2D eigenvalue weighted by Gasteiger charge is 2.19. The fraction of sp³-hybridized carbons (Fsp3) is 0.600. The van der Waals surface area contributed by atoms with Crippen LogP contribution in [0.2, 0.25) is 0 Å². The molecule has 1 aromatic carbocycles. The molecule has 0 amide bonds. The van der Waals surface area contributed by atoms with Crippen LogP contribution in [0.15, 0.2) is 28.7 Å². The molecule has 0 radical (unpaired) electrons. The van der Waals surface area contributed by atoms with E-state index in [0.29, 0.717) is 6.10 Å². The second kappa shape index (κ2) is 8.00. The van der Waals surface area contributed by atoms with Gasteiger partial charge in [0.05, 0.1) is 12.7 Å². The molecule has 1 heterocycles. The second-order valence-electron chi connectivity index (χ2n) is 5.09. The number of likely N-dealkylation sites (N-methyl/N-ethyl adjacent to an activating group) is 1. The van der Waals surface area contributed by atoms with Crippen molar-refractivity contribution >= 4 is 15.9 Å². The molecule has 0 saturated carbocycles. The Labute approximate surface area is 124 Å². The van der Waals surface area contributed by atoms with Crippen molar-refractivity contribution in [1.82, 2.24) is 10.2 Å². The summed E-state index contributed by atoms with van der Waals surface area (Å²) in [6.45, 7) is 5.26. The third-order valence-electron chi connectivity index (χ3n) is 3.59. The van der Waals surface area contributed by atoms with Crippen molar-refractivity contribution in [2.45, 2.75) is 25.6 Å². The van der Waals surface area contributed by atoms with Crippen LogP contribution in [0.1, 0.15) is 18.4 Å². The van der Waals surface area contributed by atoms with Gasteiger partial charge >= 0.3 is 0 Å². The molecule has 1 fully saturated rings. The van der Waals surface area contributed by atoms with Crippen molar-refractivity contribution in [1.29, 1.82) is 0 Å². The zero-order valence-corrected chi connectivity index (χ0v) is 13.2. The molecule has 0 bridgehead atoms. The largest absolute Gasteiger partial charge is 0.373 e. The summed E-state index contributed by atoms with van der Waals surface area (Å²) < 4.78 is 7.13. The number of rotatable bonds is 6. The van der Waals surface area contributed by atoms with E-state index in [1.165, 1.54) is 5.56 Å². The molecule has 0 aliphatic carbocycles. The molecule has 1 aromatic rings. The lowest BCUT2D eigenvalue weighted by Crippen LogP contribution is -2.40. The van der Waals surface area contributed by atoms with Gasteiger partial charge < -0.3 is 15.0 Å². The van der Waals surface area contributed by atoms with E-state index in [4.69, 9.17) is 4.74 Å². The number of ether oxygens (including phenoxy) is 1. The Morgan fingerprint density at radius 2 is 2.16 bits per heavy atom. The van der Waals surface area contributed by atoms with Gasteiger partial charge in [-0.25, -0.2) is 0 Å². The maximum atomic E-state index is 6.01. The first-order chi connectivity index (χ1) is 9.28. The number of benzene rings is 1. The number of halogens is 1.